The molecule has 3 heteroatoms. The lowest BCUT2D eigenvalue weighted by Crippen LogP contribution is -1.98. The van der Waals surface area contributed by atoms with Crippen molar-refractivity contribution in [3.8, 4) is 11.8 Å². The van der Waals surface area contributed by atoms with Crippen molar-refractivity contribution in [3.63, 3.8) is 0 Å². The fraction of sp³-hybridized carbons (Fsp3) is 0.471. The summed E-state index contributed by atoms with van der Waals surface area (Å²) >= 11 is 2.41. The van der Waals surface area contributed by atoms with E-state index in [0.29, 0.717) is 0 Å². The summed E-state index contributed by atoms with van der Waals surface area (Å²) in [5.41, 5.74) is 1.12. The van der Waals surface area contributed by atoms with Gasteiger partial charge in [-0.1, -0.05) is 84.5 Å². The number of hydrogen-bond acceptors (Lipinski definition) is 1. The van der Waals surface area contributed by atoms with Gasteiger partial charge in [-0.2, -0.15) is 0 Å². The predicted octanol–water partition coefficient (Wildman–Crippen LogP) is 4.63. The van der Waals surface area contributed by atoms with Gasteiger partial charge in [0.05, 0.1) is 0 Å². The highest BCUT2D eigenvalue weighted by atomic mass is 127. The summed E-state index contributed by atoms with van der Waals surface area (Å²) in [6.07, 6.45) is 7.09. The van der Waals surface area contributed by atoms with Crippen LogP contribution in [0.2, 0.25) is 0 Å². The van der Waals surface area contributed by atoms with Gasteiger partial charge in [-0.3, -0.25) is 0 Å². The minimum absolute atomic E-state index is 0.0388. The Bertz CT molecular complexity index is 445. The molecule has 1 N–H and O–H groups in total. The van der Waals surface area contributed by atoms with E-state index in [4.69, 9.17) is 5.11 Å². The Labute approximate surface area is 135 Å². The number of alkyl halides is 1. The lowest BCUT2D eigenvalue weighted by Gasteiger charge is -2.10. The zero-order valence-corrected chi connectivity index (χ0v) is 13.8. The summed E-state index contributed by atoms with van der Waals surface area (Å²) in [5.74, 6) is 4.15. The minimum Gasteiger partial charge on any atom is -0.472 e. The summed E-state index contributed by atoms with van der Waals surface area (Å²) in [5, 5.41) is 8.70. The van der Waals surface area contributed by atoms with Crippen molar-refractivity contribution in [3.05, 3.63) is 35.9 Å². The number of carboxylic acids is 1. The number of carboxylic acid groups (broad SMARTS) is 1. The summed E-state index contributed by atoms with van der Waals surface area (Å²) < 4.78 is 1.23. The molecule has 2 nitrogen and oxygen atoms in total. The molecule has 1 atom stereocenters. The third-order valence-corrected chi connectivity index (χ3v) is 3.94. The number of halogens is 1. The first-order chi connectivity index (χ1) is 9.74. The molecule has 1 rings (SSSR count). The summed E-state index contributed by atoms with van der Waals surface area (Å²) in [6, 6.07) is 9.97. The molecule has 1 unspecified atom stereocenters. The fourth-order valence-corrected chi connectivity index (χ4v) is 2.67. The first-order valence-electron chi connectivity index (χ1n) is 7.09. The molecular weight excluding hydrogens is 363 g/mol. The highest BCUT2D eigenvalue weighted by Crippen LogP contribution is 2.22. The van der Waals surface area contributed by atoms with Crippen LogP contribution in [0.4, 0.5) is 0 Å². The third kappa shape index (κ3) is 7.54. The molecule has 108 valence electrons. The van der Waals surface area contributed by atoms with E-state index in [1.807, 2.05) is 30.3 Å². The van der Waals surface area contributed by atoms with E-state index >= 15 is 0 Å². The molecule has 0 radical (unpaired) electrons. The smallest absolute Gasteiger partial charge is 0.381 e. The summed E-state index contributed by atoms with van der Waals surface area (Å²) in [4.78, 5) is 10.6. The molecule has 0 aliphatic carbocycles. The molecule has 0 aliphatic heterocycles. The van der Waals surface area contributed by atoms with Crippen LogP contribution in [0.5, 0.6) is 0 Å². The molecule has 0 fully saturated rings. The Balaban J connectivity index is 2.48. The topological polar surface area (TPSA) is 37.3 Å². The number of hydrogen-bond donors (Lipinski definition) is 1. The van der Waals surface area contributed by atoms with Crippen molar-refractivity contribution < 1.29 is 9.90 Å². The molecule has 0 amide bonds. The molecule has 0 saturated carbocycles. The molecule has 0 aromatic heterocycles. The highest BCUT2D eigenvalue weighted by molar-refractivity contribution is 14.1. The number of aliphatic carboxylic acids is 1. The highest BCUT2D eigenvalue weighted by Gasteiger charge is 2.08. The van der Waals surface area contributed by atoms with Gasteiger partial charge in [0.1, 0.15) is 0 Å². The van der Waals surface area contributed by atoms with E-state index in [2.05, 4.69) is 34.4 Å². The molecule has 0 saturated heterocycles. The van der Waals surface area contributed by atoms with Crippen LogP contribution in [0.1, 0.15) is 50.0 Å². The third-order valence-electron chi connectivity index (χ3n) is 3.18. The first kappa shape index (κ1) is 17.0. The summed E-state index contributed by atoms with van der Waals surface area (Å²) in [7, 11) is 0. The molecule has 1 aromatic carbocycles. The Hall–Kier alpha value is -1.02. The van der Waals surface area contributed by atoms with Crippen LogP contribution in [0.3, 0.4) is 0 Å². The molecule has 0 aliphatic rings. The maximum atomic E-state index is 10.6. The fourth-order valence-electron chi connectivity index (χ4n) is 2.13. The van der Waals surface area contributed by atoms with Crippen LogP contribution >= 0.6 is 22.6 Å². The molecule has 20 heavy (non-hydrogen) atoms. The van der Waals surface area contributed by atoms with Crippen LogP contribution in [-0.2, 0) is 4.79 Å². The lowest BCUT2D eigenvalue weighted by molar-refractivity contribution is -0.130. The zero-order chi connectivity index (χ0) is 14.6. The van der Waals surface area contributed by atoms with E-state index in [1.165, 1.54) is 30.1 Å². The molecule has 0 heterocycles. The van der Waals surface area contributed by atoms with E-state index in [-0.39, 0.29) is 5.92 Å². The average molecular weight is 384 g/mol. The average Bonchev–Trinajstić information content (AvgIpc) is 2.46. The van der Waals surface area contributed by atoms with Gasteiger partial charge in [0.25, 0.3) is 0 Å². The normalized spacial score (nSPS) is 11.4. The van der Waals surface area contributed by atoms with Crippen molar-refractivity contribution in [1.82, 2.24) is 0 Å². The molecule has 1 aromatic rings. The maximum Gasteiger partial charge on any atom is 0.381 e. The van der Waals surface area contributed by atoms with Gasteiger partial charge in [0.2, 0.25) is 0 Å². The van der Waals surface area contributed by atoms with Crippen molar-refractivity contribution in [2.24, 2.45) is 0 Å². The van der Waals surface area contributed by atoms with E-state index in [9.17, 15) is 4.79 Å². The van der Waals surface area contributed by atoms with Crippen LogP contribution < -0.4 is 0 Å². The van der Waals surface area contributed by atoms with Crippen LogP contribution in [0, 0.1) is 11.8 Å². The maximum absolute atomic E-state index is 10.6. The number of unbranched alkanes of at least 4 members (excludes halogenated alkanes) is 4. The van der Waals surface area contributed by atoms with Crippen LogP contribution in [0.15, 0.2) is 30.3 Å². The first-order valence-corrected chi connectivity index (χ1v) is 8.62. The number of benzene rings is 1. The van der Waals surface area contributed by atoms with E-state index < -0.39 is 5.97 Å². The van der Waals surface area contributed by atoms with Crippen molar-refractivity contribution in [2.45, 2.75) is 44.4 Å². The van der Waals surface area contributed by atoms with Crippen LogP contribution in [-0.4, -0.2) is 15.5 Å². The van der Waals surface area contributed by atoms with Gasteiger partial charge >= 0.3 is 5.97 Å². The Morgan fingerprint density at radius 2 is 1.75 bits per heavy atom. The largest absolute Gasteiger partial charge is 0.472 e. The number of rotatable bonds is 8. The van der Waals surface area contributed by atoms with Gasteiger partial charge in [-0.05, 0) is 22.8 Å². The SMILES string of the molecule is O=C(O)C#CC(CCCCCCCI)c1ccccc1. The predicted molar refractivity (Wildman–Crippen MR) is 91.2 cm³/mol. The summed E-state index contributed by atoms with van der Waals surface area (Å²) in [6.45, 7) is 0. The second-order valence-corrected chi connectivity index (χ2v) is 5.86. The van der Waals surface area contributed by atoms with Gasteiger partial charge in [-0.25, -0.2) is 4.79 Å². The number of carbonyl (C=O) groups is 1. The van der Waals surface area contributed by atoms with Crippen molar-refractivity contribution in [2.75, 3.05) is 4.43 Å². The Kier molecular flexibility index (Phi) is 9.14. The minimum atomic E-state index is -1.05. The monoisotopic (exact) mass is 384 g/mol. The molecule has 0 spiro atoms. The lowest BCUT2D eigenvalue weighted by atomic mass is 9.93. The van der Waals surface area contributed by atoms with Gasteiger partial charge in [-0.15, -0.1) is 0 Å². The standard InChI is InChI=1S/C17H21IO2/c18-14-8-3-1-2-5-11-16(12-13-17(19)20)15-9-6-4-7-10-15/h4,6-7,9-10,16H,1-3,5,8,11,14H2,(H,19,20). The van der Waals surface area contributed by atoms with E-state index in [0.717, 1.165) is 18.4 Å². The second-order valence-electron chi connectivity index (χ2n) is 4.78. The molecule has 0 bridgehead atoms. The van der Waals surface area contributed by atoms with Gasteiger partial charge in [0.15, 0.2) is 0 Å². The second kappa shape index (κ2) is 10.7. The van der Waals surface area contributed by atoms with Crippen molar-refractivity contribution in [1.29, 1.82) is 0 Å². The van der Waals surface area contributed by atoms with Crippen molar-refractivity contribution >= 4 is 28.6 Å². The van der Waals surface area contributed by atoms with E-state index in [1.54, 1.807) is 0 Å². The molecular formula is C17H21IO2. The quantitative estimate of drug-likeness (QED) is 0.307. The Morgan fingerprint density at radius 3 is 2.40 bits per heavy atom. The van der Waals surface area contributed by atoms with Crippen LogP contribution in [0.25, 0.3) is 0 Å². The zero-order valence-electron chi connectivity index (χ0n) is 11.6. The van der Waals surface area contributed by atoms with Gasteiger partial charge < -0.3 is 5.11 Å². The Morgan fingerprint density at radius 1 is 1.10 bits per heavy atom. The van der Waals surface area contributed by atoms with Gasteiger partial charge in [0, 0.05) is 11.8 Å².